The van der Waals surface area contributed by atoms with Gasteiger partial charge in [-0.15, -0.1) is 0 Å². The molecule has 27 heavy (non-hydrogen) atoms. The maximum Gasteiger partial charge on any atom is 0.334 e. The van der Waals surface area contributed by atoms with E-state index in [1.54, 1.807) is 6.08 Å². The Morgan fingerprint density at radius 1 is 1.30 bits per heavy atom. The van der Waals surface area contributed by atoms with Crippen molar-refractivity contribution in [3.63, 3.8) is 0 Å². The lowest BCUT2D eigenvalue weighted by atomic mass is 9.85. The predicted octanol–water partition coefficient (Wildman–Crippen LogP) is 2.92. The first-order valence-corrected chi connectivity index (χ1v) is 9.22. The summed E-state index contributed by atoms with van der Waals surface area (Å²) >= 11 is 0. The molecular formula is C21H28O6. The van der Waals surface area contributed by atoms with E-state index in [1.165, 1.54) is 7.11 Å². The lowest BCUT2D eigenvalue weighted by Crippen LogP contribution is -2.26. The van der Waals surface area contributed by atoms with Crippen LogP contribution in [0, 0.1) is 11.8 Å². The lowest BCUT2D eigenvalue weighted by Gasteiger charge is -2.23. The second-order valence-corrected chi connectivity index (χ2v) is 7.50. The van der Waals surface area contributed by atoms with Gasteiger partial charge in [-0.1, -0.05) is 27.0 Å². The molecule has 0 amide bonds. The standard InChI is InChI=1S/C21H28O6/c1-12(2)8-20(23)26-11-15-6-7-18(25-5)14(4)17(22)10-16-13(3)21(24)27-19(16)9-15/h9,12,16,18-19H,3-4,6-8,10-11H2,1-2,5H3. The number of ketones is 1. The van der Waals surface area contributed by atoms with Crippen molar-refractivity contribution in [1.82, 2.24) is 0 Å². The predicted molar refractivity (Wildman–Crippen MR) is 99.8 cm³/mol. The van der Waals surface area contributed by atoms with Gasteiger partial charge in [-0.2, -0.15) is 0 Å². The molecule has 2 rings (SSSR count). The summed E-state index contributed by atoms with van der Waals surface area (Å²) in [5.41, 5.74) is 1.48. The molecule has 1 fully saturated rings. The fourth-order valence-electron chi connectivity index (χ4n) is 3.28. The molecule has 0 spiro atoms. The van der Waals surface area contributed by atoms with Gasteiger partial charge in [0.25, 0.3) is 0 Å². The van der Waals surface area contributed by atoms with Crippen LogP contribution in [0.25, 0.3) is 0 Å². The Labute approximate surface area is 160 Å². The zero-order valence-corrected chi connectivity index (χ0v) is 16.3. The molecule has 6 heteroatoms. The van der Waals surface area contributed by atoms with Crippen molar-refractivity contribution in [1.29, 1.82) is 0 Å². The van der Waals surface area contributed by atoms with Crippen molar-refractivity contribution in [3.05, 3.63) is 36.0 Å². The van der Waals surface area contributed by atoms with Crippen LogP contribution in [-0.2, 0) is 28.6 Å². The molecule has 148 valence electrons. The van der Waals surface area contributed by atoms with E-state index in [9.17, 15) is 14.4 Å². The smallest absolute Gasteiger partial charge is 0.334 e. The summed E-state index contributed by atoms with van der Waals surface area (Å²) in [7, 11) is 1.53. The summed E-state index contributed by atoms with van der Waals surface area (Å²) in [6.07, 6.45) is 2.28. The van der Waals surface area contributed by atoms with E-state index in [2.05, 4.69) is 13.2 Å². The Morgan fingerprint density at radius 2 is 2.00 bits per heavy atom. The van der Waals surface area contributed by atoms with Crippen LogP contribution in [0.5, 0.6) is 0 Å². The highest BCUT2D eigenvalue weighted by atomic mass is 16.6. The van der Waals surface area contributed by atoms with Crippen molar-refractivity contribution in [2.75, 3.05) is 13.7 Å². The highest BCUT2D eigenvalue weighted by molar-refractivity contribution is 5.98. The minimum atomic E-state index is -0.584. The number of fused-ring (bicyclic) bond motifs is 1. The normalized spacial score (nSPS) is 26.5. The summed E-state index contributed by atoms with van der Waals surface area (Å²) in [4.78, 5) is 36.4. The summed E-state index contributed by atoms with van der Waals surface area (Å²) < 4.78 is 16.2. The fourth-order valence-corrected chi connectivity index (χ4v) is 3.28. The molecule has 1 saturated heterocycles. The monoisotopic (exact) mass is 376 g/mol. The number of ether oxygens (including phenoxy) is 3. The van der Waals surface area contributed by atoms with E-state index in [0.29, 0.717) is 24.8 Å². The first kappa shape index (κ1) is 21.1. The van der Waals surface area contributed by atoms with Gasteiger partial charge < -0.3 is 14.2 Å². The molecule has 0 aromatic carbocycles. The Kier molecular flexibility index (Phi) is 7.13. The Bertz CT molecular complexity index is 672. The molecule has 0 aromatic heterocycles. The van der Waals surface area contributed by atoms with Gasteiger partial charge in [-0.25, -0.2) is 4.79 Å². The number of hydrogen-bond donors (Lipinski definition) is 0. The average molecular weight is 376 g/mol. The van der Waals surface area contributed by atoms with E-state index < -0.39 is 24.1 Å². The first-order valence-electron chi connectivity index (χ1n) is 9.22. The van der Waals surface area contributed by atoms with Gasteiger partial charge in [0.15, 0.2) is 5.78 Å². The van der Waals surface area contributed by atoms with Gasteiger partial charge in [-0.3, -0.25) is 9.59 Å². The van der Waals surface area contributed by atoms with Gasteiger partial charge in [0.1, 0.15) is 12.7 Å². The Hall–Kier alpha value is -2.21. The third-order valence-corrected chi connectivity index (χ3v) is 4.91. The van der Waals surface area contributed by atoms with Crippen molar-refractivity contribution in [2.45, 2.75) is 51.7 Å². The highest BCUT2D eigenvalue weighted by Crippen LogP contribution is 2.34. The molecule has 0 bridgehead atoms. The van der Waals surface area contributed by atoms with E-state index in [4.69, 9.17) is 14.2 Å². The molecule has 6 nitrogen and oxygen atoms in total. The fraction of sp³-hybridized carbons (Fsp3) is 0.571. The zero-order valence-electron chi connectivity index (χ0n) is 16.3. The second kappa shape index (κ2) is 9.13. The van der Waals surface area contributed by atoms with Gasteiger partial charge in [0.2, 0.25) is 0 Å². The molecule has 1 heterocycles. The quantitative estimate of drug-likeness (QED) is 0.417. The number of carbonyl (C=O) groups is 3. The van der Waals surface area contributed by atoms with Crippen molar-refractivity contribution in [3.8, 4) is 0 Å². The van der Waals surface area contributed by atoms with Gasteiger partial charge >= 0.3 is 11.9 Å². The molecule has 3 atom stereocenters. The van der Waals surface area contributed by atoms with Crippen molar-refractivity contribution >= 4 is 17.7 Å². The number of rotatable bonds is 5. The van der Waals surface area contributed by atoms with Gasteiger partial charge in [0.05, 0.1) is 6.10 Å². The van der Waals surface area contributed by atoms with E-state index >= 15 is 0 Å². The van der Waals surface area contributed by atoms with Gasteiger partial charge in [-0.05, 0) is 30.4 Å². The van der Waals surface area contributed by atoms with Crippen LogP contribution >= 0.6 is 0 Å². The summed E-state index contributed by atoms with van der Waals surface area (Å²) in [5.74, 6) is -1.16. The Balaban J connectivity index is 2.23. The van der Waals surface area contributed by atoms with Crippen LogP contribution < -0.4 is 0 Å². The second-order valence-electron chi connectivity index (χ2n) is 7.50. The number of Topliss-reactive ketones (excluding diaryl/α,β-unsaturated/α-hetero) is 1. The van der Waals surface area contributed by atoms with Crippen LogP contribution in [0.4, 0.5) is 0 Å². The van der Waals surface area contributed by atoms with Crippen LogP contribution in [-0.4, -0.2) is 43.6 Å². The summed E-state index contributed by atoms with van der Waals surface area (Å²) in [6, 6.07) is 0. The largest absolute Gasteiger partial charge is 0.461 e. The molecule has 0 N–H and O–H groups in total. The maximum absolute atomic E-state index is 12.5. The van der Waals surface area contributed by atoms with Crippen LogP contribution in [0.3, 0.4) is 0 Å². The Morgan fingerprint density at radius 3 is 2.63 bits per heavy atom. The number of methoxy groups -OCH3 is 1. The zero-order chi connectivity index (χ0) is 20.1. The van der Waals surface area contributed by atoms with Gasteiger partial charge in [0, 0.05) is 37.0 Å². The molecular weight excluding hydrogens is 348 g/mol. The van der Waals surface area contributed by atoms with Crippen molar-refractivity contribution < 1.29 is 28.6 Å². The molecule has 0 radical (unpaired) electrons. The number of carbonyl (C=O) groups excluding carboxylic acids is 3. The molecule has 3 unspecified atom stereocenters. The lowest BCUT2D eigenvalue weighted by molar-refractivity contribution is -0.143. The third-order valence-electron chi connectivity index (χ3n) is 4.91. The maximum atomic E-state index is 12.5. The summed E-state index contributed by atoms with van der Waals surface area (Å²) in [5, 5.41) is 0. The van der Waals surface area contributed by atoms with Crippen molar-refractivity contribution in [2.24, 2.45) is 11.8 Å². The van der Waals surface area contributed by atoms with E-state index in [1.807, 2.05) is 13.8 Å². The minimum absolute atomic E-state index is 0.0881. The minimum Gasteiger partial charge on any atom is -0.461 e. The van der Waals surface area contributed by atoms with E-state index in [0.717, 1.165) is 5.57 Å². The molecule has 0 saturated carbocycles. The summed E-state index contributed by atoms with van der Waals surface area (Å²) in [6.45, 7) is 11.7. The van der Waals surface area contributed by atoms with Crippen LogP contribution in [0.15, 0.2) is 36.0 Å². The SMILES string of the molecule is C=C1C(=O)CC2C(=C)C(=O)OC2C=C(COC(=O)CC(C)C)CCC1OC. The topological polar surface area (TPSA) is 78.9 Å². The molecule has 1 aliphatic carbocycles. The highest BCUT2D eigenvalue weighted by Gasteiger charge is 2.40. The first-order chi connectivity index (χ1) is 12.7. The van der Waals surface area contributed by atoms with Crippen LogP contribution in [0.1, 0.15) is 39.5 Å². The number of esters is 2. The third kappa shape index (κ3) is 5.39. The molecule has 2 aliphatic rings. The molecule has 0 aromatic rings. The van der Waals surface area contributed by atoms with Crippen LogP contribution in [0.2, 0.25) is 0 Å². The average Bonchev–Trinajstić information content (AvgIpc) is 2.86. The molecule has 1 aliphatic heterocycles. The van der Waals surface area contributed by atoms with E-state index in [-0.39, 0.29) is 36.3 Å². The number of hydrogen-bond acceptors (Lipinski definition) is 6.